The Morgan fingerprint density at radius 2 is 2.30 bits per heavy atom. The number of nitrogens with one attached hydrogen (secondary N) is 1. The minimum atomic E-state index is -4.01. The van der Waals surface area contributed by atoms with Crippen LogP contribution >= 0.6 is 0 Å². The molecule has 0 saturated carbocycles. The molecule has 2 N–H and O–H groups in total. The first-order valence-corrected chi connectivity index (χ1v) is 4.39. The zero-order chi connectivity index (χ0) is 7.61. The molecule has 0 aliphatic carbocycles. The Labute approximate surface area is 59.1 Å². The molecular formula is C4H9NO4S. The second kappa shape index (κ2) is 2.83. The van der Waals surface area contributed by atoms with Gasteiger partial charge in [0.05, 0.1) is 6.61 Å². The van der Waals surface area contributed by atoms with Crippen molar-refractivity contribution in [3.63, 3.8) is 0 Å². The minimum Gasteiger partial charge on any atom is -0.357 e. The number of morpholine rings is 1. The molecule has 1 aliphatic rings. The highest BCUT2D eigenvalue weighted by atomic mass is 32.2. The van der Waals surface area contributed by atoms with E-state index in [0.717, 1.165) is 0 Å². The summed E-state index contributed by atoms with van der Waals surface area (Å²) in [5.74, 6) is 0. The van der Waals surface area contributed by atoms with Gasteiger partial charge in [-0.25, -0.2) is 0 Å². The van der Waals surface area contributed by atoms with E-state index in [1.807, 2.05) is 0 Å². The van der Waals surface area contributed by atoms with Crippen LogP contribution in [0.15, 0.2) is 0 Å². The zero-order valence-corrected chi connectivity index (χ0v) is 6.10. The summed E-state index contributed by atoms with van der Waals surface area (Å²) in [5.41, 5.74) is -1.08. The maximum Gasteiger partial charge on any atom is 0.293 e. The molecule has 10 heavy (non-hydrogen) atoms. The Morgan fingerprint density at radius 3 is 2.60 bits per heavy atom. The van der Waals surface area contributed by atoms with Gasteiger partial charge in [0.1, 0.15) is 0 Å². The van der Waals surface area contributed by atoms with Crippen LogP contribution in [0.3, 0.4) is 0 Å². The Kier molecular flexibility index (Phi) is 2.24. The Morgan fingerprint density at radius 1 is 1.60 bits per heavy atom. The molecule has 1 saturated heterocycles. The lowest BCUT2D eigenvalue weighted by Crippen LogP contribution is -2.42. The fourth-order valence-corrected chi connectivity index (χ4v) is 1.33. The molecule has 1 atom stereocenters. The summed E-state index contributed by atoms with van der Waals surface area (Å²) in [6, 6.07) is 0. The summed E-state index contributed by atoms with van der Waals surface area (Å²) in [7, 11) is -4.01. The van der Waals surface area contributed by atoms with Crippen LogP contribution in [0.5, 0.6) is 0 Å². The van der Waals surface area contributed by atoms with Crippen molar-refractivity contribution < 1.29 is 17.7 Å². The highest BCUT2D eigenvalue weighted by molar-refractivity contribution is 7.86. The summed E-state index contributed by atoms with van der Waals surface area (Å²) in [4.78, 5) is 0. The summed E-state index contributed by atoms with van der Waals surface area (Å²) in [6.45, 7) is 1.12. The van der Waals surface area contributed by atoms with Crippen molar-refractivity contribution >= 4 is 10.1 Å². The van der Waals surface area contributed by atoms with Crippen LogP contribution in [0.25, 0.3) is 0 Å². The third-order valence-corrected chi connectivity index (χ3v) is 2.19. The predicted octanol–water partition coefficient (Wildman–Crippen LogP) is -1.18. The van der Waals surface area contributed by atoms with E-state index >= 15 is 0 Å². The van der Waals surface area contributed by atoms with Gasteiger partial charge in [0.2, 0.25) is 0 Å². The highest BCUT2D eigenvalue weighted by Gasteiger charge is 2.25. The summed E-state index contributed by atoms with van der Waals surface area (Å²) in [5, 5.41) is 2.78. The fourth-order valence-electron chi connectivity index (χ4n) is 0.733. The molecular weight excluding hydrogens is 158 g/mol. The Bertz CT molecular complexity index is 193. The highest BCUT2D eigenvalue weighted by Crippen LogP contribution is 2.02. The molecule has 60 valence electrons. The van der Waals surface area contributed by atoms with Crippen LogP contribution < -0.4 is 5.32 Å². The van der Waals surface area contributed by atoms with Crippen LogP contribution in [-0.4, -0.2) is 38.1 Å². The van der Waals surface area contributed by atoms with Crippen molar-refractivity contribution in [2.24, 2.45) is 0 Å². The third-order valence-electron chi connectivity index (χ3n) is 1.23. The van der Waals surface area contributed by atoms with Crippen LogP contribution in [0.1, 0.15) is 0 Å². The van der Waals surface area contributed by atoms with E-state index in [-0.39, 0.29) is 6.54 Å². The lowest BCUT2D eigenvalue weighted by atomic mass is 10.5. The number of rotatable bonds is 1. The van der Waals surface area contributed by atoms with Crippen molar-refractivity contribution in [1.29, 1.82) is 0 Å². The van der Waals surface area contributed by atoms with Crippen LogP contribution in [0, 0.1) is 0 Å². The van der Waals surface area contributed by atoms with Crippen molar-refractivity contribution in [2.45, 2.75) is 5.44 Å². The lowest BCUT2D eigenvalue weighted by molar-refractivity contribution is 0.0729. The Hall–Kier alpha value is -0.170. The largest absolute Gasteiger partial charge is 0.357 e. The second-order valence-electron chi connectivity index (χ2n) is 2.02. The van der Waals surface area contributed by atoms with Gasteiger partial charge in [0.25, 0.3) is 10.1 Å². The molecule has 1 unspecified atom stereocenters. The van der Waals surface area contributed by atoms with Gasteiger partial charge in [-0.3, -0.25) is 4.55 Å². The second-order valence-corrected chi connectivity index (χ2v) is 3.58. The van der Waals surface area contributed by atoms with E-state index in [1.165, 1.54) is 0 Å². The van der Waals surface area contributed by atoms with Crippen LogP contribution in [-0.2, 0) is 14.9 Å². The van der Waals surface area contributed by atoms with Gasteiger partial charge in [-0.05, 0) is 0 Å². The standard InChI is InChI=1S/C4H9NO4S/c6-10(7,8)4-3-5-1-2-9-4/h4-5H,1-3H2,(H,6,7,8). The molecule has 0 aromatic heterocycles. The van der Waals surface area contributed by atoms with Gasteiger partial charge < -0.3 is 10.1 Å². The lowest BCUT2D eigenvalue weighted by Gasteiger charge is -2.20. The molecule has 0 aromatic carbocycles. The molecule has 0 radical (unpaired) electrons. The molecule has 6 heteroatoms. The maximum absolute atomic E-state index is 10.4. The van der Waals surface area contributed by atoms with E-state index in [0.29, 0.717) is 13.2 Å². The van der Waals surface area contributed by atoms with Gasteiger partial charge in [-0.1, -0.05) is 0 Å². The quantitative estimate of drug-likeness (QED) is 0.481. The van der Waals surface area contributed by atoms with Gasteiger partial charge in [0, 0.05) is 13.1 Å². The van der Waals surface area contributed by atoms with Crippen molar-refractivity contribution in [2.75, 3.05) is 19.7 Å². The smallest absolute Gasteiger partial charge is 0.293 e. The number of hydrogen-bond donors (Lipinski definition) is 2. The first kappa shape index (κ1) is 7.93. The molecule has 0 aromatic rings. The average molecular weight is 167 g/mol. The van der Waals surface area contributed by atoms with E-state index in [2.05, 4.69) is 5.32 Å². The van der Waals surface area contributed by atoms with Gasteiger partial charge in [-0.2, -0.15) is 8.42 Å². The first-order chi connectivity index (χ1) is 4.61. The van der Waals surface area contributed by atoms with Crippen LogP contribution in [0.2, 0.25) is 0 Å². The molecule has 5 nitrogen and oxygen atoms in total. The number of ether oxygens (including phenoxy) is 1. The minimum absolute atomic E-state index is 0.166. The van der Waals surface area contributed by atoms with Crippen molar-refractivity contribution in [3.8, 4) is 0 Å². The van der Waals surface area contributed by atoms with Crippen molar-refractivity contribution in [3.05, 3.63) is 0 Å². The first-order valence-electron chi connectivity index (χ1n) is 2.89. The predicted molar refractivity (Wildman–Crippen MR) is 34.2 cm³/mol. The molecule has 1 fully saturated rings. The van der Waals surface area contributed by atoms with Crippen LogP contribution in [0.4, 0.5) is 0 Å². The van der Waals surface area contributed by atoms with E-state index in [4.69, 9.17) is 9.29 Å². The summed E-state index contributed by atoms with van der Waals surface area (Å²) >= 11 is 0. The molecule has 0 bridgehead atoms. The summed E-state index contributed by atoms with van der Waals surface area (Å²) < 4.78 is 33.9. The van der Waals surface area contributed by atoms with Gasteiger partial charge in [-0.15, -0.1) is 0 Å². The third kappa shape index (κ3) is 1.91. The summed E-state index contributed by atoms with van der Waals surface area (Å²) in [6.07, 6.45) is 0. The molecule has 1 aliphatic heterocycles. The van der Waals surface area contributed by atoms with E-state index in [1.54, 1.807) is 0 Å². The molecule has 0 spiro atoms. The van der Waals surface area contributed by atoms with E-state index in [9.17, 15) is 8.42 Å². The normalized spacial score (nSPS) is 28.3. The Balaban J connectivity index is 2.56. The monoisotopic (exact) mass is 167 g/mol. The van der Waals surface area contributed by atoms with Gasteiger partial charge >= 0.3 is 0 Å². The topological polar surface area (TPSA) is 75.6 Å². The molecule has 1 rings (SSSR count). The molecule has 1 heterocycles. The van der Waals surface area contributed by atoms with E-state index < -0.39 is 15.6 Å². The maximum atomic E-state index is 10.4. The van der Waals surface area contributed by atoms with Gasteiger partial charge in [0.15, 0.2) is 5.44 Å². The zero-order valence-electron chi connectivity index (χ0n) is 5.28. The van der Waals surface area contributed by atoms with Crippen molar-refractivity contribution in [1.82, 2.24) is 5.32 Å². The average Bonchev–Trinajstić information content (AvgIpc) is 1.88. The molecule has 0 amide bonds. The SMILES string of the molecule is O=S(=O)(O)C1CNCCO1. The fraction of sp³-hybridized carbons (Fsp3) is 1.00. The number of hydrogen-bond acceptors (Lipinski definition) is 4.